The lowest BCUT2D eigenvalue weighted by Crippen LogP contribution is -2.10. The van der Waals surface area contributed by atoms with Crippen molar-refractivity contribution in [2.75, 3.05) is 19.0 Å². The van der Waals surface area contributed by atoms with Gasteiger partial charge in [-0.1, -0.05) is 11.6 Å². The molecule has 0 unspecified atom stereocenters. The van der Waals surface area contributed by atoms with Crippen LogP contribution < -0.4 is 5.32 Å². The van der Waals surface area contributed by atoms with Gasteiger partial charge in [0.1, 0.15) is 5.56 Å². The molecule has 6 nitrogen and oxygen atoms in total. The summed E-state index contributed by atoms with van der Waals surface area (Å²) in [6.07, 6.45) is 1.54. The number of fused-ring (bicyclic) bond motifs is 1. The maximum Gasteiger partial charge on any atom is 0.341 e. The normalized spacial score (nSPS) is 10.6. The zero-order valence-electron chi connectivity index (χ0n) is 16.3. The lowest BCUT2D eigenvalue weighted by Gasteiger charge is -2.16. The number of benzene rings is 2. The van der Waals surface area contributed by atoms with Gasteiger partial charge in [0, 0.05) is 17.3 Å². The number of ether oxygens (including phenoxy) is 2. The molecule has 0 fully saturated rings. The average Bonchev–Trinajstić information content (AvgIpc) is 2.68. The SMILES string of the molecule is CCOC(=O)c1cnc2c(C)cc(C)cc2c1Nc1ccc(C(=O)OC)cc1. The number of methoxy groups -OCH3 is 1. The fourth-order valence-corrected chi connectivity index (χ4v) is 3.11. The Bertz CT molecular complexity index is 1040. The van der Waals surface area contributed by atoms with Gasteiger partial charge in [0.2, 0.25) is 0 Å². The van der Waals surface area contributed by atoms with E-state index in [9.17, 15) is 9.59 Å². The molecule has 0 atom stereocenters. The van der Waals surface area contributed by atoms with Crippen LogP contribution in [-0.2, 0) is 9.47 Å². The highest BCUT2D eigenvalue weighted by Crippen LogP contribution is 2.32. The third-order valence-corrected chi connectivity index (χ3v) is 4.38. The summed E-state index contributed by atoms with van der Waals surface area (Å²) < 4.78 is 9.93. The Morgan fingerprint density at radius 3 is 2.43 bits per heavy atom. The van der Waals surface area contributed by atoms with Gasteiger partial charge in [0.15, 0.2) is 0 Å². The Labute approximate surface area is 163 Å². The quantitative estimate of drug-likeness (QED) is 0.656. The van der Waals surface area contributed by atoms with Crippen LogP contribution in [0.4, 0.5) is 11.4 Å². The number of esters is 2. The molecule has 0 saturated carbocycles. The number of carbonyl (C=O) groups is 2. The van der Waals surface area contributed by atoms with Gasteiger partial charge in [0.05, 0.1) is 30.5 Å². The summed E-state index contributed by atoms with van der Waals surface area (Å²) >= 11 is 0. The number of hydrogen-bond acceptors (Lipinski definition) is 6. The van der Waals surface area contributed by atoms with Gasteiger partial charge in [-0.25, -0.2) is 9.59 Å². The highest BCUT2D eigenvalue weighted by Gasteiger charge is 2.18. The fourth-order valence-electron chi connectivity index (χ4n) is 3.11. The van der Waals surface area contributed by atoms with E-state index in [2.05, 4.69) is 10.3 Å². The summed E-state index contributed by atoms with van der Waals surface area (Å²) in [5.74, 6) is -0.843. The van der Waals surface area contributed by atoms with Gasteiger partial charge in [-0.05, 0) is 56.7 Å². The highest BCUT2D eigenvalue weighted by molar-refractivity contribution is 6.06. The van der Waals surface area contributed by atoms with Crippen LogP contribution in [-0.4, -0.2) is 30.6 Å². The van der Waals surface area contributed by atoms with Crippen molar-refractivity contribution >= 4 is 34.2 Å². The maximum atomic E-state index is 12.5. The molecule has 0 spiro atoms. The second-order valence-electron chi connectivity index (χ2n) is 6.44. The molecule has 6 heteroatoms. The Morgan fingerprint density at radius 1 is 1.07 bits per heavy atom. The van der Waals surface area contributed by atoms with E-state index >= 15 is 0 Å². The van der Waals surface area contributed by atoms with Crippen molar-refractivity contribution in [3.05, 3.63) is 64.8 Å². The summed E-state index contributed by atoms with van der Waals surface area (Å²) in [6, 6.07) is 10.9. The van der Waals surface area contributed by atoms with Crippen molar-refractivity contribution in [1.82, 2.24) is 4.98 Å². The predicted molar refractivity (Wildman–Crippen MR) is 108 cm³/mol. The average molecular weight is 378 g/mol. The number of aromatic nitrogens is 1. The summed E-state index contributed by atoms with van der Waals surface area (Å²) in [5, 5.41) is 4.13. The van der Waals surface area contributed by atoms with E-state index in [-0.39, 0.29) is 6.61 Å². The van der Waals surface area contributed by atoms with E-state index in [0.717, 1.165) is 27.7 Å². The van der Waals surface area contributed by atoms with Gasteiger partial charge in [-0.15, -0.1) is 0 Å². The Morgan fingerprint density at radius 2 is 1.79 bits per heavy atom. The molecule has 1 heterocycles. The van der Waals surface area contributed by atoms with E-state index in [4.69, 9.17) is 9.47 Å². The Hall–Kier alpha value is -3.41. The van der Waals surface area contributed by atoms with E-state index in [1.54, 1.807) is 31.2 Å². The van der Waals surface area contributed by atoms with Gasteiger partial charge < -0.3 is 14.8 Å². The topological polar surface area (TPSA) is 77.5 Å². The first-order valence-electron chi connectivity index (χ1n) is 8.97. The van der Waals surface area contributed by atoms with Gasteiger partial charge >= 0.3 is 11.9 Å². The second kappa shape index (κ2) is 8.08. The van der Waals surface area contributed by atoms with E-state index in [1.807, 2.05) is 26.0 Å². The molecule has 1 aromatic heterocycles. The zero-order chi connectivity index (χ0) is 20.3. The van der Waals surface area contributed by atoms with Gasteiger partial charge in [0.25, 0.3) is 0 Å². The standard InChI is InChI=1S/C22H22N2O4/c1-5-28-22(26)18-12-23-19-14(3)10-13(2)11-17(19)20(18)24-16-8-6-15(7-9-16)21(25)27-4/h6-12H,5H2,1-4H3,(H,23,24). The number of anilines is 2. The molecule has 144 valence electrons. The number of nitrogens with one attached hydrogen (secondary N) is 1. The number of pyridine rings is 1. The van der Waals surface area contributed by atoms with Crippen LogP contribution in [0.2, 0.25) is 0 Å². The van der Waals surface area contributed by atoms with Crippen molar-refractivity contribution in [3.8, 4) is 0 Å². The van der Waals surface area contributed by atoms with Crippen LogP contribution >= 0.6 is 0 Å². The molecule has 28 heavy (non-hydrogen) atoms. The molecular formula is C22H22N2O4. The van der Waals surface area contributed by atoms with E-state index in [1.165, 1.54) is 13.3 Å². The molecule has 3 aromatic rings. The lowest BCUT2D eigenvalue weighted by molar-refractivity contribution is 0.0526. The second-order valence-corrected chi connectivity index (χ2v) is 6.44. The lowest BCUT2D eigenvalue weighted by atomic mass is 10.0. The molecule has 0 amide bonds. The predicted octanol–water partition coefficient (Wildman–Crippen LogP) is 4.56. The fraction of sp³-hybridized carbons (Fsp3) is 0.227. The Kier molecular flexibility index (Phi) is 5.59. The van der Waals surface area contributed by atoms with Crippen molar-refractivity contribution in [2.24, 2.45) is 0 Å². The zero-order valence-corrected chi connectivity index (χ0v) is 16.3. The third-order valence-electron chi connectivity index (χ3n) is 4.38. The van der Waals surface area contributed by atoms with Gasteiger partial charge in [-0.2, -0.15) is 0 Å². The van der Waals surface area contributed by atoms with Crippen molar-refractivity contribution in [2.45, 2.75) is 20.8 Å². The number of carbonyl (C=O) groups excluding carboxylic acids is 2. The van der Waals surface area contributed by atoms with E-state index in [0.29, 0.717) is 16.8 Å². The number of rotatable bonds is 5. The minimum absolute atomic E-state index is 0.275. The van der Waals surface area contributed by atoms with Crippen LogP contribution in [0.15, 0.2) is 42.6 Å². The Balaban J connectivity index is 2.12. The molecule has 0 aliphatic rings. The van der Waals surface area contributed by atoms with Crippen molar-refractivity contribution in [1.29, 1.82) is 0 Å². The molecule has 0 radical (unpaired) electrons. The minimum Gasteiger partial charge on any atom is -0.465 e. The summed E-state index contributed by atoms with van der Waals surface area (Å²) in [6.45, 7) is 6.02. The number of aryl methyl sites for hydroxylation is 2. The molecule has 1 N–H and O–H groups in total. The first-order valence-corrected chi connectivity index (χ1v) is 8.97. The molecule has 3 rings (SSSR count). The van der Waals surface area contributed by atoms with E-state index < -0.39 is 11.9 Å². The smallest absolute Gasteiger partial charge is 0.341 e. The maximum absolute atomic E-state index is 12.5. The van der Waals surface area contributed by atoms with Crippen LogP contribution in [0.5, 0.6) is 0 Å². The largest absolute Gasteiger partial charge is 0.465 e. The van der Waals surface area contributed by atoms with Crippen molar-refractivity contribution < 1.29 is 19.1 Å². The van der Waals surface area contributed by atoms with Crippen LogP contribution in [0, 0.1) is 13.8 Å². The summed E-state index contributed by atoms with van der Waals surface area (Å²) in [5.41, 5.74) is 5.06. The molecule has 0 aliphatic heterocycles. The number of nitrogens with zero attached hydrogens (tertiary/aromatic N) is 1. The number of hydrogen-bond donors (Lipinski definition) is 1. The highest BCUT2D eigenvalue weighted by atomic mass is 16.5. The summed E-state index contributed by atoms with van der Waals surface area (Å²) in [4.78, 5) is 28.6. The molecular weight excluding hydrogens is 356 g/mol. The molecule has 2 aromatic carbocycles. The summed E-state index contributed by atoms with van der Waals surface area (Å²) in [7, 11) is 1.34. The van der Waals surface area contributed by atoms with Crippen LogP contribution in [0.3, 0.4) is 0 Å². The minimum atomic E-state index is -0.440. The monoisotopic (exact) mass is 378 g/mol. The van der Waals surface area contributed by atoms with Gasteiger partial charge in [-0.3, -0.25) is 4.98 Å². The first-order chi connectivity index (χ1) is 13.4. The first kappa shape index (κ1) is 19.4. The van der Waals surface area contributed by atoms with Crippen LogP contribution in [0.1, 0.15) is 38.8 Å². The van der Waals surface area contributed by atoms with Crippen LogP contribution in [0.25, 0.3) is 10.9 Å². The molecule has 0 saturated heterocycles. The molecule has 0 bridgehead atoms. The third kappa shape index (κ3) is 3.81. The molecule has 0 aliphatic carbocycles. The van der Waals surface area contributed by atoms with Crippen molar-refractivity contribution in [3.63, 3.8) is 0 Å².